The highest BCUT2D eigenvalue weighted by atomic mass is 16.6. The quantitative estimate of drug-likeness (QED) is 0.106. The molecule has 17 nitrogen and oxygen atoms in total. The molecule has 0 spiro atoms. The summed E-state index contributed by atoms with van der Waals surface area (Å²) in [5.74, 6) is -16.4. The Balaban J connectivity index is 7.78. The van der Waals surface area contributed by atoms with Crippen molar-refractivity contribution in [2.75, 3.05) is 0 Å². The van der Waals surface area contributed by atoms with Gasteiger partial charge in [-0.25, -0.2) is 4.79 Å². The average molecular weight is 779 g/mol. The number of nitrogens with one attached hydrogen (secondary N) is 7. The van der Waals surface area contributed by atoms with E-state index in [4.69, 9.17) is 43.4 Å². The highest BCUT2D eigenvalue weighted by Gasteiger charge is 2.45. The van der Waals surface area contributed by atoms with E-state index in [1.54, 1.807) is 21.3 Å². The molecule has 0 unspecified atom stereocenters. The Morgan fingerprint density at radius 3 is 0.774 bits per heavy atom. The average Bonchev–Trinajstić information content (AvgIpc) is 3.15. The molecular formula is C36H66N8O9. The zero-order valence-corrected chi connectivity index (χ0v) is 31.3. The highest BCUT2D eigenvalue weighted by molar-refractivity contribution is 6.02. The van der Waals surface area contributed by atoms with E-state index in [1.807, 2.05) is 0 Å². The number of nitrogens with two attached hydrogens (primary N) is 1. The van der Waals surface area contributed by atoms with Gasteiger partial charge < -0.3 is 47.7 Å². The van der Waals surface area contributed by atoms with Crippen LogP contribution < -0.4 is 43.0 Å². The number of hydrogen-bond acceptors (Lipinski definition) is 10. The van der Waals surface area contributed by atoms with E-state index in [2.05, 4.69) is 0 Å². The van der Waals surface area contributed by atoms with Crippen LogP contribution in [0.1, 0.15) is 164 Å². The van der Waals surface area contributed by atoms with Gasteiger partial charge in [0.05, 0.1) is 5.54 Å². The second-order valence-electron chi connectivity index (χ2n) is 14.8. The lowest BCUT2D eigenvalue weighted by molar-refractivity contribution is -0.163. The molecule has 304 valence electrons. The van der Waals surface area contributed by atoms with Crippen molar-refractivity contribution in [1.29, 1.82) is 0 Å². The Kier molecular flexibility index (Phi) is 6.35. The van der Waals surface area contributed by atoms with E-state index in [0.29, 0.717) is 55.4 Å². The van der Waals surface area contributed by atoms with Crippen LogP contribution in [0, 0.1) is 0 Å². The van der Waals surface area contributed by atoms with Crippen LogP contribution in [0.25, 0.3) is 0 Å². The van der Waals surface area contributed by atoms with Crippen molar-refractivity contribution >= 4 is 47.3 Å². The van der Waals surface area contributed by atoms with Gasteiger partial charge in [-0.05, 0) is 131 Å². The fourth-order valence-corrected chi connectivity index (χ4v) is 3.24. The summed E-state index contributed by atoms with van der Waals surface area (Å²) < 4.78 is 198. The molecule has 17 heteroatoms. The first kappa shape index (κ1) is 21.6. The highest BCUT2D eigenvalue weighted by Crippen LogP contribution is 2.18. The maximum Gasteiger partial charge on any atom is 0.331 e. The molecule has 0 aliphatic rings. The molecule has 0 radical (unpaired) electrons. The van der Waals surface area contributed by atoms with Crippen molar-refractivity contribution in [1.82, 2.24) is 37.2 Å². The van der Waals surface area contributed by atoms with Gasteiger partial charge in [-0.1, -0.05) is 0 Å². The van der Waals surface area contributed by atoms with Gasteiger partial charge in [0.2, 0.25) is 41.4 Å². The van der Waals surface area contributed by atoms with Crippen molar-refractivity contribution in [2.24, 2.45) is 5.73 Å². The van der Waals surface area contributed by atoms with Crippen LogP contribution in [0.5, 0.6) is 0 Å². The zero-order chi connectivity index (χ0) is 62.8. The molecule has 0 aliphatic heterocycles. The number of esters is 1. The summed E-state index contributed by atoms with van der Waals surface area (Å²) in [6.07, 6.45) is 0. The molecule has 53 heavy (non-hydrogen) atoms. The van der Waals surface area contributed by atoms with Gasteiger partial charge in [-0.3, -0.25) is 33.6 Å². The van der Waals surface area contributed by atoms with Gasteiger partial charge in [0.15, 0.2) is 0 Å². The molecule has 0 aromatic rings. The van der Waals surface area contributed by atoms with Gasteiger partial charge in [-0.15, -0.1) is 0 Å². The molecule has 0 aromatic carbocycles. The third-order valence-corrected chi connectivity index (χ3v) is 6.55. The number of hydrogen-bond donors (Lipinski definition) is 8. The summed E-state index contributed by atoms with van der Waals surface area (Å²) in [7, 11) is 0. The lowest BCUT2D eigenvalue weighted by atomic mass is 9.94. The predicted molar refractivity (Wildman–Crippen MR) is 200 cm³/mol. The number of ether oxygens (including phenoxy) is 1. The van der Waals surface area contributed by atoms with Crippen molar-refractivity contribution < 1.29 is 76.0 Å². The maximum atomic E-state index is 14.3. The molecular weight excluding hydrogens is 688 g/mol. The summed E-state index contributed by atoms with van der Waals surface area (Å²) in [4.78, 5) is 111. The number of carbonyl (C=O) groups is 8. The van der Waals surface area contributed by atoms with Gasteiger partial charge in [0.25, 0.3) is 0 Å². The second kappa shape index (κ2) is 15.6. The normalized spacial score (nSPS) is 29.4. The van der Waals surface area contributed by atoms with Gasteiger partial charge in [0, 0.05) is 32.9 Å². The van der Waals surface area contributed by atoms with Crippen LogP contribution in [0.4, 0.5) is 0 Å². The van der Waals surface area contributed by atoms with E-state index in [0.717, 1.165) is 0 Å². The standard InChI is InChI=1S/C36H66N8O9/c1-28(2,3)53-27(52)36(18,19)44-26(51)35(16,17)43-25(50)34(14,15)42-24(49)33(12,13)41-23(48)32(10,11)40-22(47)31(8,9)39-21(46)30(6,7)38-20(45)29(4,5)37/h37H2,1-19H3,(H,38,45)(H,39,46)(H,40,47)(H,41,48)(H,42,49)(H,43,50)(H,44,51)/i4D3,6D3,8D3,10D3,12D3,14D3,16D3,18D3/t29-,30-,31-,32-,33-,34-,35-,36-/m1/s1. The molecule has 0 heterocycles. The maximum absolute atomic E-state index is 14.3. The molecule has 9 N–H and O–H groups in total. The van der Waals surface area contributed by atoms with Crippen molar-refractivity contribution in [3.8, 4) is 0 Å². The summed E-state index contributed by atoms with van der Waals surface area (Å²) in [6, 6.07) is 0. The SMILES string of the molecule is [2H]C([2H])([2H])[C@](C)(N)C(=O)N[C@](C)(C(=O)N[C@](C)(C(=O)N[C@](C)(C(=O)N[C@](C)(C(=O)N[C@](C)(C(=O)N[C@](C)(C(=O)N[C@](C)(C(=O)OC(C)(C)C)C([2H])([2H])[2H])C([2H])([2H])[2H])C([2H])([2H])[2H])C([2H])([2H])[2H])C([2H])([2H])[2H])C([2H])([2H])[2H])C([2H])([2H])[2H]. The Morgan fingerprint density at radius 2 is 0.585 bits per heavy atom. The van der Waals surface area contributed by atoms with Gasteiger partial charge in [0.1, 0.15) is 44.4 Å². The number of amides is 7. The topological polar surface area (TPSA) is 256 Å². The molecule has 0 aromatic heterocycles. The lowest BCUT2D eigenvalue weighted by Crippen LogP contribution is -2.69. The van der Waals surface area contributed by atoms with Crippen LogP contribution in [-0.4, -0.2) is 97.2 Å². The van der Waals surface area contributed by atoms with Crippen LogP contribution in [0.15, 0.2) is 0 Å². The van der Waals surface area contributed by atoms with Crippen molar-refractivity contribution in [3.05, 3.63) is 0 Å². The van der Waals surface area contributed by atoms with E-state index in [9.17, 15) is 38.4 Å². The van der Waals surface area contributed by atoms with E-state index in [1.165, 1.54) is 36.7 Å². The van der Waals surface area contributed by atoms with E-state index >= 15 is 0 Å². The summed E-state index contributed by atoms with van der Waals surface area (Å²) >= 11 is 0. The van der Waals surface area contributed by atoms with Gasteiger partial charge >= 0.3 is 5.97 Å². The summed E-state index contributed by atoms with van der Waals surface area (Å²) in [5.41, 5.74) is -23.2. The molecule has 0 saturated heterocycles. The third-order valence-electron chi connectivity index (χ3n) is 6.55. The van der Waals surface area contributed by atoms with E-state index in [-0.39, 0.29) is 0 Å². The van der Waals surface area contributed by atoms with Crippen LogP contribution in [0.3, 0.4) is 0 Å². The minimum atomic E-state index is -4.00. The number of carbonyl (C=O) groups excluding carboxylic acids is 8. The summed E-state index contributed by atoms with van der Waals surface area (Å²) in [5, 5.41) is 11.1. The smallest absolute Gasteiger partial charge is 0.331 e. The Labute approximate surface area is 348 Å². The predicted octanol–water partition coefficient (Wildman–Crippen LogP) is 0.329. The second-order valence-corrected chi connectivity index (χ2v) is 14.8. The lowest BCUT2D eigenvalue weighted by Gasteiger charge is -2.37. The molecule has 0 rings (SSSR count). The van der Waals surface area contributed by atoms with Crippen molar-refractivity contribution in [3.63, 3.8) is 0 Å². The minimum absolute atomic E-state index is 0.300. The molecule has 7 amide bonds. The van der Waals surface area contributed by atoms with Crippen molar-refractivity contribution in [2.45, 2.75) is 181 Å². The van der Waals surface area contributed by atoms with Crippen LogP contribution in [0.2, 0.25) is 0 Å². The molecule has 0 bridgehead atoms. The Bertz CT molecular complexity index is 2320. The van der Waals surface area contributed by atoms with Crippen LogP contribution >= 0.6 is 0 Å². The Morgan fingerprint density at radius 1 is 0.377 bits per heavy atom. The monoisotopic (exact) mass is 779 g/mol. The fraction of sp³-hybridized carbons (Fsp3) is 0.778. The first-order valence-corrected chi connectivity index (χ1v) is 15.3. The first-order chi connectivity index (χ1) is 33.0. The van der Waals surface area contributed by atoms with E-state index < -0.39 is 152 Å². The molecule has 0 aliphatic carbocycles. The minimum Gasteiger partial charge on any atom is -0.458 e. The fourth-order valence-electron chi connectivity index (χ4n) is 3.24. The van der Waals surface area contributed by atoms with Crippen LogP contribution in [-0.2, 0) is 43.1 Å². The molecule has 0 saturated carbocycles. The molecule has 0 fully saturated rings. The number of rotatable bonds is 15. The largest absolute Gasteiger partial charge is 0.458 e. The molecule has 8 atom stereocenters. The summed E-state index contributed by atoms with van der Waals surface area (Å²) in [6.45, 7) is -23.0. The first-order valence-electron chi connectivity index (χ1n) is 27.3. The Hall–Kier alpha value is -4.28. The van der Waals surface area contributed by atoms with Gasteiger partial charge in [-0.2, -0.15) is 0 Å². The zero-order valence-electron chi connectivity index (χ0n) is 55.3. The third kappa shape index (κ3) is 14.2.